The van der Waals surface area contributed by atoms with Crippen molar-refractivity contribution in [3.05, 3.63) is 30.7 Å². The molecule has 0 bridgehead atoms. The van der Waals surface area contributed by atoms with E-state index in [4.69, 9.17) is 12.3 Å². The second-order valence-corrected chi connectivity index (χ2v) is 3.32. The van der Waals surface area contributed by atoms with Crippen LogP contribution >= 0.6 is 0 Å². The van der Waals surface area contributed by atoms with Gasteiger partial charge in [-0.25, -0.2) is 14.4 Å². The first-order valence-electron chi connectivity index (χ1n) is 4.57. The third-order valence-corrected chi connectivity index (χ3v) is 2.34. The predicted octanol–water partition coefficient (Wildman–Crippen LogP) is 1.15. The normalized spacial score (nSPS) is 11.1. The lowest BCUT2D eigenvalue weighted by Crippen LogP contribution is -2.04. The molecule has 76 valence electrons. The van der Waals surface area contributed by atoms with Gasteiger partial charge in [0, 0.05) is 22.7 Å². The second-order valence-electron chi connectivity index (χ2n) is 3.32. The van der Waals surface area contributed by atoms with Crippen LogP contribution in [-0.4, -0.2) is 22.8 Å². The van der Waals surface area contributed by atoms with Gasteiger partial charge in [-0.1, -0.05) is 0 Å². The molecule has 0 unspecified atom stereocenters. The standard InChI is InChI=1S/C10H5BFN3O/c11-9-8(16-4-15-9)7-3-14-10-6(7)1-5(12)2-13-10/h1-4H,(H,13,14). The van der Waals surface area contributed by atoms with Gasteiger partial charge in [0.15, 0.2) is 6.39 Å². The zero-order valence-corrected chi connectivity index (χ0v) is 8.07. The van der Waals surface area contributed by atoms with E-state index in [9.17, 15) is 4.39 Å². The molecule has 2 radical (unpaired) electrons. The Morgan fingerprint density at radius 2 is 2.25 bits per heavy atom. The van der Waals surface area contributed by atoms with Crippen LogP contribution in [0.1, 0.15) is 0 Å². The van der Waals surface area contributed by atoms with Gasteiger partial charge < -0.3 is 9.40 Å². The Bertz CT molecular complexity index is 661. The molecule has 4 nitrogen and oxygen atoms in total. The van der Waals surface area contributed by atoms with Crippen LogP contribution in [0.3, 0.4) is 0 Å². The van der Waals surface area contributed by atoms with Gasteiger partial charge in [-0.2, -0.15) is 0 Å². The summed E-state index contributed by atoms with van der Waals surface area (Å²) in [6.07, 6.45) is 4.05. The molecule has 0 aliphatic heterocycles. The highest BCUT2D eigenvalue weighted by molar-refractivity contribution is 6.34. The van der Waals surface area contributed by atoms with E-state index in [1.807, 2.05) is 0 Å². The molecule has 0 aromatic carbocycles. The number of nitrogens with zero attached hydrogens (tertiary/aromatic N) is 2. The number of rotatable bonds is 1. The molecule has 0 spiro atoms. The van der Waals surface area contributed by atoms with E-state index < -0.39 is 5.82 Å². The van der Waals surface area contributed by atoms with E-state index >= 15 is 0 Å². The van der Waals surface area contributed by atoms with Crippen LogP contribution in [0.15, 0.2) is 29.3 Å². The molecular weight excluding hydrogens is 208 g/mol. The minimum absolute atomic E-state index is 0.269. The van der Waals surface area contributed by atoms with Gasteiger partial charge >= 0.3 is 0 Å². The monoisotopic (exact) mass is 213 g/mol. The third kappa shape index (κ3) is 1.23. The lowest BCUT2D eigenvalue weighted by Gasteiger charge is -1.95. The van der Waals surface area contributed by atoms with Crippen molar-refractivity contribution in [3.8, 4) is 11.3 Å². The van der Waals surface area contributed by atoms with Gasteiger partial charge in [-0.15, -0.1) is 0 Å². The van der Waals surface area contributed by atoms with Crippen LogP contribution in [0.2, 0.25) is 0 Å². The first kappa shape index (κ1) is 9.14. The highest BCUT2D eigenvalue weighted by atomic mass is 19.1. The van der Waals surface area contributed by atoms with Crippen molar-refractivity contribution in [2.24, 2.45) is 0 Å². The van der Waals surface area contributed by atoms with Crippen LogP contribution in [0, 0.1) is 5.82 Å². The van der Waals surface area contributed by atoms with E-state index in [1.54, 1.807) is 6.20 Å². The number of hydrogen-bond acceptors (Lipinski definition) is 3. The first-order chi connectivity index (χ1) is 7.75. The van der Waals surface area contributed by atoms with Gasteiger partial charge in [-0.05, 0) is 6.07 Å². The predicted molar refractivity (Wildman–Crippen MR) is 56.9 cm³/mol. The van der Waals surface area contributed by atoms with E-state index in [2.05, 4.69) is 15.0 Å². The first-order valence-corrected chi connectivity index (χ1v) is 4.57. The van der Waals surface area contributed by atoms with Gasteiger partial charge in [-0.3, -0.25) is 0 Å². The molecule has 0 atom stereocenters. The lowest BCUT2D eigenvalue weighted by atomic mass is 9.99. The summed E-state index contributed by atoms with van der Waals surface area (Å²) in [5.74, 6) is 0.00471. The molecule has 0 amide bonds. The van der Waals surface area contributed by atoms with E-state index in [-0.39, 0.29) is 5.59 Å². The van der Waals surface area contributed by atoms with Crippen molar-refractivity contribution in [2.75, 3.05) is 0 Å². The lowest BCUT2D eigenvalue weighted by molar-refractivity contribution is 0.573. The second kappa shape index (κ2) is 3.20. The van der Waals surface area contributed by atoms with Crippen LogP contribution in [0.5, 0.6) is 0 Å². The summed E-state index contributed by atoms with van der Waals surface area (Å²) in [6.45, 7) is 0. The largest absolute Gasteiger partial charge is 0.444 e. The zero-order chi connectivity index (χ0) is 11.1. The number of hydrogen-bond donors (Lipinski definition) is 1. The van der Waals surface area contributed by atoms with Gasteiger partial charge in [0.1, 0.15) is 25.1 Å². The summed E-state index contributed by atoms with van der Waals surface area (Å²) in [6, 6.07) is 1.37. The fourth-order valence-corrected chi connectivity index (χ4v) is 1.62. The molecule has 3 heterocycles. The Labute approximate surface area is 90.9 Å². The third-order valence-electron chi connectivity index (χ3n) is 2.34. The van der Waals surface area contributed by atoms with Crippen LogP contribution in [0.25, 0.3) is 22.4 Å². The smallest absolute Gasteiger partial charge is 0.180 e. The van der Waals surface area contributed by atoms with Crippen molar-refractivity contribution in [1.82, 2.24) is 15.0 Å². The topological polar surface area (TPSA) is 54.7 Å². The average molecular weight is 213 g/mol. The molecular formula is C10H5BFN3O. The van der Waals surface area contributed by atoms with Crippen molar-refractivity contribution in [3.63, 3.8) is 0 Å². The molecule has 3 aromatic rings. The van der Waals surface area contributed by atoms with Crippen molar-refractivity contribution in [1.29, 1.82) is 0 Å². The zero-order valence-electron chi connectivity index (χ0n) is 8.07. The van der Waals surface area contributed by atoms with Gasteiger partial charge in [0.25, 0.3) is 0 Å². The summed E-state index contributed by atoms with van der Waals surface area (Å²) in [5, 5.41) is 0.614. The molecule has 0 aliphatic rings. The SMILES string of the molecule is [B]c1ncoc1-c1c[nH]c2ncc(F)cc12. The molecule has 3 rings (SSSR count). The van der Waals surface area contributed by atoms with Crippen LogP contribution < -0.4 is 5.59 Å². The number of aromatic nitrogens is 3. The fraction of sp³-hybridized carbons (Fsp3) is 0. The summed E-state index contributed by atoms with van der Waals surface area (Å²) in [5.41, 5.74) is 1.49. The summed E-state index contributed by atoms with van der Waals surface area (Å²) in [4.78, 5) is 10.6. The average Bonchev–Trinajstić information content (AvgIpc) is 2.83. The maximum absolute atomic E-state index is 13.1. The summed E-state index contributed by atoms with van der Waals surface area (Å²) < 4.78 is 18.2. The number of pyridine rings is 1. The maximum Gasteiger partial charge on any atom is 0.180 e. The number of fused-ring (bicyclic) bond motifs is 1. The molecule has 0 saturated heterocycles. The molecule has 16 heavy (non-hydrogen) atoms. The summed E-state index contributed by atoms with van der Waals surface area (Å²) in [7, 11) is 5.63. The minimum Gasteiger partial charge on any atom is -0.444 e. The van der Waals surface area contributed by atoms with Crippen LogP contribution in [-0.2, 0) is 0 Å². The van der Waals surface area contributed by atoms with E-state index in [0.29, 0.717) is 22.4 Å². The molecule has 3 aromatic heterocycles. The molecule has 0 saturated carbocycles. The Kier molecular flexibility index (Phi) is 1.83. The van der Waals surface area contributed by atoms with E-state index in [0.717, 1.165) is 6.20 Å². The van der Waals surface area contributed by atoms with Gasteiger partial charge in [0.2, 0.25) is 0 Å². The Morgan fingerprint density at radius 3 is 3.00 bits per heavy atom. The van der Waals surface area contributed by atoms with Crippen molar-refractivity contribution < 1.29 is 8.81 Å². The minimum atomic E-state index is -0.411. The molecule has 0 aliphatic carbocycles. The van der Waals surface area contributed by atoms with Crippen LogP contribution in [0.4, 0.5) is 4.39 Å². The molecule has 0 fully saturated rings. The number of H-pyrrole nitrogens is 1. The molecule has 6 heteroatoms. The number of oxazole rings is 1. The Hall–Kier alpha value is -2.11. The van der Waals surface area contributed by atoms with E-state index in [1.165, 1.54) is 12.5 Å². The van der Waals surface area contributed by atoms with Crippen molar-refractivity contribution >= 4 is 24.5 Å². The maximum atomic E-state index is 13.1. The highest BCUT2D eigenvalue weighted by Crippen LogP contribution is 2.26. The molecule has 1 N–H and O–H groups in total. The Morgan fingerprint density at radius 1 is 1.38 bits per heavy atom. The van der Waals surface area contributed by atoms with Crippen molar-refractivity contribution in [2.45, 2.75) is 0 Å². The summed E-state index contributed by atoms with van der Waals surface area (Å²) >= 11 is 0. The Balaban J connectivity index is 2.32. The quantitative estimate of drug-likeness (QED) is 0.616. The number of aromatic amines is 1. The number of halogens is 1. The fourth-order valence-electron chi connectivity index (χ4n) is 1.62. The highest BCUT2D eigenvalue weighted by Gasteiger charge is 2.13. The van der Waals surface area contributed by atoms with Gasteiger partial charge in [0.05, 0.1) is 6.20 Å². The number of nitrogens with one attached hydrogen (secondary N) is 1.